The minimum absolute atomic E-state index is 0. The molecule has 4 rings (SSSR count). The molecule has 0 saturated heterocycles. The molecule has 0 aliphatic rings. The van der Waals surface area contributed by atoms with Crippen LogP contribution in [0.3, 0.4) is 0 Å². The van der Waals surface area contributed by atoms with Gasteiger partial charge in [-0.15, -0.1) is 0 Å². The lowest BCUT2D eigenvalue weighted by Gasteiger charge is -2.22. The summed E-state index contributed by atoms with van der Waals surface area (Å²) < 4.78 is 1.78. The molecule has 0 aliphatic heterocycles. The molecule has 0 amide bonds. The lowest BCUT2D eigenvalue weighted by atomic mass is 10.0. The monoisotopic (exact) mass is 546 g/mol. The summed E-state index contributed by atoms with van der Waals surface area (Å²) in [5.74, 6) is 0.333. The number of fused-ring (bicyclic) bond motifs is 1. The maximum atomic E-state index is 12.4. The Kier molecular flexibility index (Phi) is 9.54. The van der Waals surface area contributed by atoms with Gasteiger partial charge in [-0.1, -0.05) is 32.5 Å². The Bertz CT molecular complexity index is 1530. The van der Waals surface area contributed by atoms with Gasteiger partial charge in [-0.2, -0.15) is 5.10 Å². The van der Waals surface area contributed by atoms with E-state index in [9.17, 15) is 14.9 Å². The molecule has 0 unspecified atom stereocenters. The van der Waals surface area contributed by atoms with Crippen LogP contribution in [-0.4, -0.2) is 69.6 Å². The van der Waals surface area contributed by atoms with Crippen molar-refractivity contribution in [3.8, 4) is 11.4 Å². The number of benzene rings is 2. The molecule has 0 radical (unpaired) electrons. The van der Waals surface area contributed by atoms with Gasteiger partial charge in [0.2, 0.25) is 5.95 Å². The van der Waals surface area contributed by atoms with Gasteiger partial charge in [-0.3, -0.25) is 19.6 Å². The Morgan fingerprint density at radius 2 is 1.85 bits per heavy atom. The van der Waals surface area contributed by atoms with Crippen LogP contribution in [0.4, 0.5) is 23.0 Å². The van der Waals surface area contributed by atoms with Crippen molar-refractivity contribution in [2.45, 2.75) is 34.1 Å². The van der Waals surface area contributed by atoms with Crippen LogP contribution >= 0.6 is 0 Å². The number of aryl methyl sites for hydroxylation is 2. The fourth-order valence-electron chi connectivity index (χ4n) is 4.39. The number of ketones is 1. The summed E-state index contributed by atoms with van der Waals surface area (Å²) >= 11 is 0. The van der Waals surface area contributed by atoms with Crippen LogP contribution in [0.2, 0.25) is 0 Å². The summed E-state index contributed by atoms with van der Waals surface area (Å²) in [6.45, 7) is 5.12. The van der Waals surface area contributed by atoms with Crippen molar-refractivity contribution < 1.29 is 9.72 Å². The van der Waals surface area contributed by atoms with E-state index in [0.29, 0.717) is 41.3 Å². The molecule has 212 valence electrons. The quantitative estimate of drug-likeness (QED) is 0.201. The molecule has 0 aliphatic carbocycles. The fraction of sp³-hybridized carbons (Fsp3) is 0.379. The topological polar surface area (TPSA) is 122 Å². The lowest BCUT2D eigenvalue weighted by Crippen LogP contribution is -2.29. The van der Waals surface area contributed by atoms with Crippen molar-refractivity contribution in [1.82, 2.24) is 24.6 Å². The van der Waals surface area contributed by atoms with Crippen LogP contribution in [0.15, 0.2) is 42.6 Å². The average Bonchev–Trinajstić information content (AvgIpc) is 3.25. The van der Waals surface area contributed by atoms with E-state index in [1.165, 1.54) is 6.07 Å². The minimum atomic E-state index is -0.377. The molecule has 11 nitrogen and oxygen atoms in total. The number of nitrogens with zero attached hydrogens (tertiary/aromatic N) is 7. The zero-order valence-electron chi connectivity index (χ0n) is 23.2. The second kappa shape index (κ2) is 12.6. The maximum absolute atomic E-state index is 12.4. The summed E-state index contributed by atoms with van der Waals surface area (Å²) in [6.07, 6.45) is 2.23. The van der Waals surface area contributed by atoms with Crippen LogP contribution in [-0.2, 0) is 18.3 Å². The van der Waals surface area contributed by atoms with Crippen molar-refractivity contribution in [3.63, 3.8) is 0 Å². The van der Waals surface area contributed by atoms with Crippen LogP contribution in [0.5, 0.6) is 0 Å². The third kappa shape index (κ3) is 6.42. The smallest absolute Gasteiger partial charge is 0.294 e. The van der Waals surface area contributed by atoms with Gasteiger partial charge in [0.05, 0.1) is 16.1 Å². The third-order valence-electron chi connectivity index (χ3n) is 6.69. The van der Waals surface area contributed by atoms with E-state index in [1.807, 2.05) is 76.1 Å². The summed E-state index contributed by atoms with van der Waals surface area (Å²) in [7, 11) is 7.64. The standard InChI is InChI=1S/C28H34N8O3.CH4/c1-7-20(37)15-19-17-29-28(31-26(19)27-21-10-8-9-11-23(21)35(6)32-27)30-22-16-25(36(38)39)24(14-18(22)2)34(5)13-12-33(3)4;/h8-11,14,16-17H,7,12-13,15H2,1-6H3,(H,29,30,31);1H4. The van der Waals surface area contributed by atoms with Crippen LogP contribution < -0.4 is 10.2 Å². The average molecular weight is 547 g/mol. The Labute approximate surface area is 235 Å². The molecule has 40 heavy (non-hydrogen) atoms. The highest BCUT2D eigenvalue weighted by Gasteiger charge is 2.22. The van der Waals surface area contributed by atoms with E-state index in [4.69, 9.17) is 10.1 Å². The van der Waals surface area contributed by atoms with E-state index < -0.39 is 0 Å². The number of nitro benzene ring substituents is 1. The number of hydrogen-bond acceptors (Lipinski definition) is 9. The summed E-state index contributed by atoms with van der Waals surface area (Å²) in [6, 6.07) is 11.1. The molecular formula is C29H38N8O3. The van der Waals surface area contributed by atoms with Gasteiger partial charge < -0.3 is 15.1 Å². The Hall–Kier alpha value is -4.38. The number of rotatable bonds is 11. The number of Topliss-reactive ketones (excluding diaryl/α,β-unsaturated/α-hetero) is 1. The fourth-order valence-corrected chi connectivity index (χ4v) is 4.39. The number of hydrogen-bond donors (Lipinski definition) is 1. The molecule has 1 N–H and O–H groups in total. The van der Waals surface area contributed by atoms with E-state index >= 15 is 0 Å². The van der Waals surface area contributed by atoms with Gasteiger partial charge in [-0.05, 0) is 38.7 Å². The number of nitro groups is 1. The molecule has 0 atom stereocenters. The number of nitrogens with one attached hydrogen (secondary N) is 1. The molecule has 2 heterocycles. The predicted octanol–water partition coefficient (Wildman–Crippen LogP) is 5.15. The Morgan fingerprint density at radius 1 is 1.12 bits per heavy atom. The zero-order valence-corrected chi connectivity index (χ0v) is 23.2. The second-order valence-corrected chi connectivity index (χ2v) is 9.89. The highest BCUT2D eigenvalue weighted by Crippen LogP contribution is 2.35. The van der Waals surface area contributed by atoms with Gasteiger partial charge in [0.1, 0.15) is 22.9 Å². The molecule has 0 saturated carbocycles. The number of anilines is 3. The van der Waals surface area contributed by atoms with Crippen LogP contribution in [0.25, 0.3) is 22.3 Å². The molecule has 0 fully saturated rings. The Morgan fingerprint density at radius 3 is 2.52 bits per heavy atom. The third-order valence-corrected chi connectivity index (χ3v) is 6.69. The number of carbonyl (C=O) groups excluding carboxylic acids is 1. The summed E-state index contributed by atoms with van der Waals surface area (Å²) in [4.78, 5) is 37.1. The summed E-state index contributed by atoms with van der Waals surface area (Å²) in [5.41, 5.74) is 4.69. The first kappa shape index (κ1) is 30.2. The Balaban J connectivity index is 0.00000441. The highest BCUT2D eigenvalue weighted by molar-refractivity contribution is 5.94. The number of likely N-dealkylation sites (N-methyl/N-ethyl adjacent to an activating group) is 2. The number of aromatic nitrogens is 4. The predicted molar refractivity (Wildman–Crippen MR) is 160 cm³/mol. The lowest BCUT2D eigenvalue weighted by molar-refractivity contribution is -0.384. The van der Waals surface area contributed by atoms with Crippen molar-refractivity contribution >= 4 is 39.7 Å². The van der Waals surface area contributed by atoms with E-state index in [1.54, 1.807) is 16.9 Å². The summed E-state index contributed by atoms with van der Waals surface area (Å²) in [5, 5.41) is 20.8. The van der Waals surface area contributed by atoms with Crippen LogP contribution in [0.1, 0.15) is 31.9 Å². The van der Waals surface area contributed by atoms with Gasteiger partial charge in [0.15, 0.2) is 0 Å². The molecule has 2 aromatic heterocycles. The zero-order chi connectivity index (χ0) is 28.3. The SMILES string of the molecule is C.CCC(=O)Cc1cnc(Nc2cc([N+](=O)[O-])c(N(C)CCN(C)C)cc2C)nc1-c1nn(C)c2ccccc12. The van der Waals surface area contributed by atoms with Gasteiger partial charge in [0, 0.05) is 63.2 Å². The molecular weight excluding hydrogens is 508 g/mol. The van der Waals surface area contributed by atoms with Crippen molar-refractivity contribution in [2.24, 2.45) is 7.05 Å². The van der Waals surface area contributed by atoms with Gasteiger partial charge in [0.25, 0.3) is 5.69 Å². The van der Waals surface area contributed by atoms with Crippen molar-refractivity contribution in [2.75, 3.05) is 44.4 Å². The highest BCUT2D eigenvalue weighted by atomic mass is 16.6. The maximum Gasteiger partial charge on any atom is 0.294 e. The first-order chi connectivity index (χ1) is 18.6. The normalized spacial score (nSPS) is 11.0. The molecule has 0 bridgehead atoms. The molecule has 0 spiro atoms. The first-order valence-electron chi connectivity index (χ1n) is 12.8. The second-order valence-electron chi connectivity index (χ2n) is 9.89. The van der Waals surface area contributed by atoms with E-state index in [-0.39, 0.29) is 36.2 Å². The van der Waals surface area contributed by atoms with Crippen LogP contribution in [0, 0.1) is 17.0 Å². The number of para-hydroxylation sites is 1. The van der Waals surface area contributed by atoms with Gasteiger partial charge >= 0.3 is 0 Å². The van der Waals surface area contributed by atoms with Gasteiger partial charge in [-0.25, -0.2) is 9.97 Å². The largest absolute Gasteiger partial charge is 0.368 e. The minimum Gasteiger partial charge on any atom is -0.368 e. The van der Waals surface area contributed by atoms with E-state index in [2.05, 4.69) is 10.3 Å². The van der Waals surface area contributed by atoms with E-state index in [0.717, 1.165) is 23.0 Å². The number of carbonyl (C=O) groups is 1. The van der Waals surface area contributed by atoms with Crippen molar-refractivity contribution in [3.05, 3.63) is 63.8 Å². The van der Waals surface area contributed by atoms with Crippen molar-refractivity contribution in [1.29, 1.82) is 0 Å². The molecule has 2 aromatic carbocycles. The molecule has 11 heteroatoms. The molecule has 4 aromatic rings. The first-order valence-corrected chi connectivity index (χ1v) is 12.8.